The minimum absolute atomic E-state index is 0.0291. The molecule has 22 nitrogen and oxygen atoms in total. The number of carbonyl (C=O) groups excluding carboxylic acids is 11. The fourth-order valence-corrected chi connectivity index (χ4v) is 12.4. The van der Waals surface area contributed by atoms with E-state index in [9.17, 15) is 65.9 Å². The number of nitrogens with zero attached hydrogens (tertiary/aromatic N) is 7. The summed E-state index contributed by atoms with van der Waals surface area (Å²) < 4.78 is 41.0. The lowest BCUT2D eigenvalue weighted by molar-refractivity contribution is -0.149. The van der Waals surface area contributed by atoms with E-state index in [1.54, 1.807) is 20.9 Å². The van der Waals surface area contributed by atoms with Gasteiger partial charge in [-0.25, -0.2) is 0 Å². The number of aryl methyl sites for hydroxylation is 1. The Morgan fingerprint density at radius 2 is 1.23 bits per heavy atom. The molecule has 512 valence electrons. The van der Waals surface area contributed by atoms with Crippen LogP contribution in [0.3, 0.4) is 0 Å². The zero-order valence-corrected chi connectivity index (χ0v) is 56.7. The van der Waals surface area contributed by atoms with E-state index in [-0.39, 0.29) is 81.7 Å². The van der Waals surface area contributed by atoms with Crippen molar-refractivity contribution in [3.63, 3.8) is 0 Å². The highest BCUT2D eigenvalue weighted by atomic mass is 35.5. The van der Waals surface area contributed by atoms with Crippen LogP contribution in [0.1, 0.15) is 169 Å². The first-order valence-corrected chi connectivity index (χ1v) is 32.9. The molecule has 8 atom stereocenters. The number of alkyl halides is 3. The van der Waals surface area contributed by atoms with Crippen molar-refractivity contribution in [1.82, 2.24) is 55.6 Å². The summed E-state index contributed by atoms with van der Waals surface area (Å²) in [5.41, 5.74) is -0.716. The van der Waals surface area contributed by atoms with E-state index in [4.69, 9.17) is 11.6 Å². The number of carbonyl (C=O) groups is 11. The fourth-order valence-electron chi connectivity index (χ4n) is 12.0. The quantitative estimate of drug-likeness (QED) is 0.194. The summed E-state index contributed by atoms with van der Waals surface area (Å²) in [5, 5.41) is 10.9. The Kier molecular flexibility index (Phi) is 30.5. The standard InChI is InChI=1S/C65H103ClF3N11O11/c1-14-42(6)58-64(91)76(10)38-56(84)74(8)39-57(85)79(13)52(36-44-21-16-15-17-22-44)63(90)75(9)37-53(81)72-48(29-27-45-26-28-46(47(66)35-45)65(67,68)69)62(89)80-32-20-23-50(80)59(86)70-31-19-18-24-54(82)77(11)49(30-25-40(2)3)60(87)71-43(7)34-55(83)78(12)51(33-41(4)5)61(88)73-58/h26,28,35,40-44,48-52,58H,14-25,27,29-34,36-39H2,1-13H3,(H,70,86)(H,71,87)(H,72,81)(H,73,88)/t42-,43+,48-,49-,50-,51-,52-,58-/m0/s1. The molecular formula is C65H103ClF3N11O11. The van der Waals surface area contributed by atoms with Crippen LogP contribution in [0.25, 0.3) is 0 Å². The highest BCUT2D eigenvalue weighted by Gasteiger charge is 2.41. The monoisotopic (exact) mass is 1310 g/mol. The average molecular weight is 1310 g/mol. The minimum Gasteiger partial charge on any atom is -0.354 e. The molecule has 26 heteroatoms. The molecule has 1 aromatic rings. The summed E-state index contributed by atoms with van der Waals surface area (Å²) in [6.45, 7) is 11.7. The Hall–Kier alpha value is -6.53. The van der Waals surface area contributed by atoms with Crippen LogP contribution in [0.15, 0.2) is 18.2 Å². The third-order valence-corrected chi connectivity index (χ3v) is 18.4. The van der Waals surface area contributed by atoms with Crippen molar-refractivity contribution in [2.45, 2.75) is 213 Å². The zero-order valence-electron chi connectivity index (χ0n) is 56.0. The van der Waals surface area contributed by atoms with Gasteiger partial charge in [-0.2, -0.15) is 13.2 Å². The topological polar surface area (TPSA) is 259 Å². The minimum atomic E-state index is -4.72. The van der Waals surface area contributed by atoms with Crippen LogP contribution < -0.4 is 21.3 Å². The molecule has 2 heterocycles. The Morgan fingerprint density at radius 1 is 0.615 bits per heavy atom. The maximum atomic E-state index is 14.7. The summed E-state index contributed by atoms with van der Waals surface area (Å²) in [6, 6.07) is -3.98. The lowest BCUT2D eigenvalue weighted by Crippen LogP contribution is -2.57. The second-order valence-corrected chi connectivity index (χ2v) is 26.8. The van der Waals surface area contributed by atoms with Crippen molar-refractivity contribution in [3.8, 4) is 0 Å². The Labute approximate surface area is 541 Å². The van der Waals surface area contributed by atoms with E-state index < -0.39 is 144 Å². The largest absolute Gasteiger partial charge is 0.417 e. The van der Waals surface area contributed by atoms with Gasteiger partial charge in [0, 0.05) is 74.3 Å². The van der Waals surface area contributed by atoms with Crippen molar-refractivity contribution < 1.29 is 65.9 Å². The lowest BCUT2D eigenvalue weighted by atomic mass is 9.84. The summed E-state index contributed by atoms with van der Waals surface area (Å²) in [6.07, 6.45) is 2.59. The third kappa shape index (κ3) is 23.2. The first-order valence-electron chi connectivity index (χ1n) is 32.5. The number of hydrogen-bond acceptors (Lipinski definition) is 11. The predicted molar refractivity (Wildman–Crippen MR) is 339 cm³/mol. The fraction of sp³-hybridized carbons (Fsp3) is 0.738. The first kappa shape index (κ1) is 76.9. The van der Waals surface area contributed by atoms with E-state index in [2.05, 4.69) is 21.3 Å². The molecule has 0 spiro atoms. The SMILES string of the molecule is CC[C@H](C)[C@@H]1NC(=O)[C@H](CC(C)C)N(C)C(=O)C[C@@H](C)NC(=O)[C@H](CCC(C)C)N(C)C(=O)CCCCNC(=O)[C@@H]2CCCN2C(=O)[C@H](CCc2ccc(C(F)(F)F)c(Cl)c2)NC(=O)CN(C)C(=O)[C@H](CC2CCCCC2)N(C)C(=O)CN(C)C(=O)CN(C)C1=O. The number of amides is 11. The van der Waals surface area contributed by atoms with E-state index in [0.717, 1.165) is 58.9 Å². The Bertz CT molecular complexity index is 2700. The molecule has 11 amide bonds. The van der Waals surface area contributed by atoms with Gasteiger partial charge in [-0.1, -0.05) is 97.7 Å². The van der Waals surface area contributed by atoms with Gasteiger partial charge < -0.3 is 55.6 Å². The molecular weight excluding hydrogens is 1200 g/mol. The molecule has 91 heavy (non-hydrogen) atoms. The van der Waals surface area contributed by atoms with Gasteiger partial charge in [0.25, 0.3) is 0 Å². The van der Waals surface area contributed by atoms with Crippen LogP contribution in [-0.4, -0.2) is 217 Å². The molecule has 3 aliphatic rings. The Balaban J connectivity index is 1.70. The van der Waals surface area contributed by atoms with Crippen molar-refractivity contribution in [3.05, 3.63) is 34.3 Å². The molecule has 3 fully saturated rings. The summed E-state index contributed by atoms with van der Waals surface area (Å²) in [4.78, 5) is 165. The van der Waals surface area contributed by atoms with Crippen molar-refractivity contribution >= 4 is 76.6 Å². The zero-order chi connectivity index (χ0) is 68.2. The van der Waals surface area contributed by atoms with Crippen LogP contribution in [-0.2, 0) is 65.3 Å². The second kappa shape index (κ2) is 36.1. The molecule has 1 aliphatic carbocycles. The molecule has 2 aliphatic heterocycles. The van der Waals surface area contributed by atoms with E-state index in [1.807, 2.05) is 34.6 Å². The van der Waals surface area contributed by atoms with Gasteiger partial charge >= 0.3 is 6.18 Å². The average Bonchev–Trinajstić information content (AvgIpc) is 1.94. The highest BCUT2D eigenvalue weighted by molar-refractivity contribution is 6.31. The molecule has 1 saturated carbocycles. The summed E-state index contributed by atoms with van der Waals surface area (Å²) in [7, 11) is 8.65. The molecule has 0 radical (unpaired) electrons. The number of nitrogens with one attached hydrogen (secondary N) is 4. The molecule has 4 rings (SSSR count). The smallest absolute Gasteiger partial charge is 0.354 e. The molecule has 0 unspecified atom stereocenters. The van der Waals surface area contributed by atoms with Crippen LogP contribution in [0.5, 0.6) is 0 Å². The van der Waals surface area contributed by atoms with Crippen molar-refractivity contribution in [2.75, 3.05) is 75.0 Å². The number of likely N-dealkylation sites (N-methyl/N-ethyl adjacent to an activating group) is 6. The number of hydrogen-bond donors (Lipinski definition) is 4. The second-order valence-electron chi connectivity index (χ2n) is 26.4. The first-order chi connectivity index (χ1) is 42.7. The van der Waals surface area contributed by atoms with Crippen molar-refractivity contribution in [1.29, 1.82) is 0 Å². The molecule has 0 bridgehead atoms. The van der Waals surface area contributed by atoms with Gasteiger partial charge in [0.1, 0.15) is 36.3 Å². The molecule has 0 aromatic heterocycles. The Morgan fingerprint density at radius 3 is 1.85 bits per heavy atom. The van der Waals surface area contributed by atoms with Crippen LogP contribution in [0, 0.1) is 23.7 Å². The van der Waals surface area contributed by atoms with Crippen LogP contribution >= 0.6 is 11.6 Å². The maximum Gasteiger partial charge on any atom is 0.417 e. The summed E-state index contributed by atoms with van der Waals surface area (Å²) >= 11 is 6.08. The predicted octanol–water partition coefficient (Wildman–Crippen LogP) is 5.80. The van der Waals surface area contributed by atoms with Gasteiger partial charge in [-0.05, 0) is 112 Å². The molecule has 4 N–H and O–H groups in total. The van der Waals surface area contributed by atoms with Crippen molar-refractivity contribution in [2.24, 2.45) is 23.7 Å². The molecule has 1 aromatic carbocycles. The number of rotatable bonds is 12. The van der Waals surface area contributed by atoms with Gasteiger partial charge in [0.2, 0.25) is 65.0 Å². The van der Waals surface area contributed by atoms with Gasteiger partial charge in [0.05, 0.1) is 30.2 Å². The van der Waals surface area contributed by atoms with E-state index in [1.165, 1.54) is 60.9 Å². The number of halogens is 4. The van der Waals surface area contributed by atoms with E-state index >= 15 is 0 Å². The number of fused-ring (bicyclic) bond motifs is 1. The van der Waals surface area contributed by atoms with Crippen LogP contribution in [0.4, 0.5) is 13.2 Å². The normalized spacial score (nSPS) is 25.2. The van der Waals surface area contributed by atoms with E-state index in [0.29, 0.717) is 44.1 Å². The molecule has 2 saturated heterocycles. The highest BCUT2D eigenvalue weighted by Crippen LogP contribution is 2.36. The maximum absolute atomic E-state index is 14.7. The van der Waals surface area contributed by atoms with Crippen LogP contribution in [0.2, 0.25) is 5.02 Å². The number of benzene rings is 1. The summed E-state index contributed by atoms with van der Waals surface area (Å²) in [5.74, 6) is -6.44. The van der Waals surface area contributed by atoms with Gasteiger partial charge in [-0.3, -0.25) is 52.7 Å². The van der Waals surface area contributed by atoms with Gasteiger partial charge in [0.15, 0.2) is 0 Å². The van der Waals surface area contributed by atoms with Gasteiger partial charge in [-0.15, -0.1) is 0 Å². The third-order valence-electron chi connectivity index (χ3n) is 18.1. The lowest BCUT2D eigenvalue weighted by Gasteiger charge is -2.35.